The lowest BCUT2D eigenvalue weighted by Crippen LogP contribution is -2.15. The third kappa shape index (κ3) is 5.45. The predicted molar refractivity (Wildman–Crippen MR) is 124 cm³/mol. The van der Waals surface area contributed by atoms with E-state index >= 15 is 0 Å². The lowest BCUT2D eigenvalue weighted by molar-refractivity contribution is 0.102. The predicted octanol–water partition coefficient (Wildman–Crippen LogP) is 4.43. The molecule has 33 heavy (non-hydrogen) atoms. The van der Waals surface area contributed by atoms with Gasteiger partial charge in [-0.3, -0.25) is 14.2 Å². The molecule has 1 amide bonds. The van der Waals surface area contributed by atoms with Gasteiger partial charge < -0.3 is 5.32 Å². The number of hydrogen-bond donors (Lipinski definition) is 2. The highest BCUT2D eigenvalue weighted by molar-refractivity contribution is 7.92. The summed E-state index contributed by atoms with van der Waals surface area (Å²) in [7, 11) is -4.02. The van der Waals surface area contributed by atoms with E-state index in [0.29, 0.717) is 17.8 Å². The number of aryl methyl sites for hydroxylation is 1. The molecule has 0 radical (unpaired) electrons. The fourth-order valence-electron chi connectivity index (χ4n) is 3.17. The van der Waals surface area contributed by atoms with Gasteiger partial charge in [-0.05, 0) is 48.4 Å². The molecule has 3 aromatic carbocycles. The summed E-state index contributed by atoms with van der Waals surface area (Å²) in [6.45, 7) is 2.11. The largest absolute Gasteiger partial charge is 0.319 e. The van der Waals surface area contributed by atoms with Crippen LogP contribution in [0.5, 0.6) is 0 Å². The summed E-state index contributed by atoms with van der Waals surface area (Å²) < 4.78 is 43.1. The molecule has 4 rings (SSSR count). The highest BCUT2D eigenvalue weighted by Crippen LogP contribution is 2.20. The maximum atomic E-state index is 13.8. The van der Waals surface area contributed by atoms with Crippen molar-refractivity contribution in [1.29, 1.82) is 0 Å². The van der Waals surface area contributed by atoms with Gasteiger partial charge in [0.05, 0.1) is 23.3 Å². The van der Waals surface area contributed by atoms with Crippen molar-refractivity contribution in [1.82, 2.24) is 9.78 Å². The van der Waals surface area contributed by atoms with Crippen LogP contribution in [0.25, 0.3) is 0 Å². The van der Waals surface area contributed by atoms with Crippen molar-refractivity contribution in [2.75, 3.05) is 10.0 Å². The van der Waals surface area contributed by atoms with Crippen molar-refractivity contribution in [3.8, 4) is 0 Å². The molecule has 168 valence electrons. The third-order valence-electron chi connectivity index (χ3n) is 4.91. The summed E-state index contributed by atoms with van der Waals surface area (Å²) in [5.41, 5.74) is 2.37. The molecule has 0 spiro atoms. The minimum atomic E-state index is -4.02. The number of sulfonamides is 1. The molecule has 2 N–H and O–H groups in total. The Labute approximate surface area is 190 Å². The molecule has 0 aliphatic rings. The molecular formula is C24H21FN4O3S. The Morgan fingerprint density at radius 1 is 1.00 bits per heavy atom. The number of nitrogens with zero attached hydrogens (tertiary/aromatic N) is 2. The van der Waals surface area contributed by atoms with Gasteiger partial charge in [0.2, 0.25) is 0 Å². The maximum absolute atomic E-state index is 13.8. The number of benzene rings is 3. The van der Waals surface area contributed by atoms with E-state index in [1.54, 1.807) is 36.1 Å². The minimum Gasteiger partial charge on any atom is -0.319 e. The van der Waals surface area contributed by atoms with Crippen LogP contribution in [0, 0.1) is 12.7 Å². The lowest BCUT2D eigenvalue weighted by atomic mass is 10.2. The number of halogens is 1. The summed E-state index contributed by atoms with van der Waals surface area (Å²) in [5.74, 6) is -1.03. The van der Waals surface area contributed by atoms with Crippen molar-refractivity contribution in [3.63, 3.8) is 0 Å². The van der Waals surface area contributed by atoms with E-state index in [9.17, 15) is 17.6 Å². The molecule has 7 nitrogen and oxygen atoms in total. The molecule has 4 aromatic rings. The standard InChI is InChI=1S/C24H21FN4O3S/c1-17-10-11-22(13-23(17)25)33(31,32)28-20-9-5-8-19(12-20)24(30)27-21-14-26-29(16-21)15-18-6-3-2-4-7-18/h2-14,16,28H,15H2,1H3,(H,27,30). The second kappa shape index (κ2) is 9.25. The van der Waals surface area contributed by atoms with Crippen LogP contribution in [0.2, 0.25) is 0 Å². The molecule has 0 saturated heterocycles. The highest BCUT2D eigenvalue weighted by atomic mass is 32.2. The Morgan fingerprint density at radius 2 is 1.79 bits per heavy atom. The van der Waals surface area contributed by atoms with E-state index in [4.69, 9.17) is 0 Å². The molecule has 1 heterocycles. The summed E-state index contributed by atoms with van der Waals surface area (Å²) in [6, 6.07) is 19.5. The number of carbonyl (C=O) groups excluding carboxylic acids is 1. The van der Waals surface area contributed by atoms with E-state index in [-0.39, 0.29) is 16.1 Å². The Balaban J connectivity index is 1.45. The molecule has 0 aliphatic heterocycles. The fraction of sp³-hybridized carbons (Fsp3) is 0.0833. The molecule has 0 saturated carbocycles. The highest BCUT2D eigenvalue weighted by Gasteiger charge is 2.17. The third-order valence-corrected chi connectivity index (χ3v) is 6.29. The average Bonchev–Trinajstić information content (AvgIpc) is 3.22. The monoisotopic (exact) mass is 464 g/mol. The summed E-state index contributed by atoms with van der Waals surface area (Å²) in [5, 5.41) is 7.00. The van der Waals surface area contributed by atoms with Crippen LogP contribution in [0.3, 0.4) is 0 Å². The van der Waals surface area contributed by atoms with Crippen molar-refractivity contribution in [2.45, 2.75) is 18.4 Å². The zero-order valence-corrected chi connectivity index (χ0v) is 18.5. The van der Waals surface area contributed by atoms with E-state index < -0.39 is 21.7 Å². The first kappa shape index (κ1) is 22.2. The molecule has 0 unspecified atom stereocenters. The number of hydrogen-bond acceptors (Lipinski definition) is 4. The van der Waals surface area contributed by atoms with E-state index in [1.807, 2.05) is 30.3 Å². The number of anilines is 2. The van der Waals surface area contributed by atoms with Gasteiger partial charge in [0, 0.05) is 17.4 Å². The lowest BCUT2D eigenvalue weighted by Gasteiger charge is -2.10. The van der Waals surface area contributed by atoms with Crippen LogP contribution < -0.4 is 10.0 Å². The van der Waals surface area contributed by atoms with Gasteiger partial charge in [-0.1, -0.05) is 42.5 Å². The van der Waals surface area contributed by atoms with Gasteiger partial charge in [-0.15, -0.1) is 0 Å². The normalized spacial score (nSPS) is 11.2. The summed E-state index contributed by atoms with van der Waals surface area (Å²) in [4.78, 5) is 12.5. The van der Waals surface area contributed by atoms with E-state index in [1.165, 1.54) is 24.3 Å². The van der Waals surface area contributed by atoms with Gasteiger partial charge in [-0.25, -0.2) is 12.8 Å². The number of aromatic nitrogens is 2. The van der Waals surface area contributed by atoms with Crippen LogP contribution in [0.4, 0.5) is 15.8 Å². The second-order valence-electron chi connectivity index (χ2n) is 7.46. The van der Waals surface area contributed by atoms with E-state index in [0.717, 1.165) is 11.6 Å². The topological polar surface area (TPSA) is 93.1 Å². The smallest absolute Gasteiger partial charge is 0.261 e. The Hall–Kier alpha value is -3.98. The minimum absolute atomic E-state index is 0.184. The van der Waals surface area contributed by atoms with Gasteiger partial charge in [0.1, 0.15) is 5.82 Å². The quantitative estimate of drug-likeness (QED) is 0.423. The molecule has 0 fully saturated rings. The van der Waals surface area contributed by atoms with Crippen molar-refractivity contribution in [2.24, 2.45) is 0 Å². The molecular weight excluding hydrogens is 443 g/mol. The molecule has 0 aliphatic carbocycles. The summed E-state index contributed by atoms with van der Waals surface area (Å²) >= 11 is 0. The van der Waals surface area contributed by atoms with E-state index in [2.05, 4.69) is 15.1 Å². The first-order valence-electron chi connectivity index (χ1n) is 10.1. The first-order valence-corrected chi connectivity index (χ1v) is 11.6. The number of nitrogens with one attached hydrogen (secondary N) is 2. The van der Waals surface area contributed by atoms with Crippen molar-refractivity contribution >= 4 is 27.3 Å². The van der Waals surface area contributed by atoms with Gasteiger partial charge in [0.15, 0.2) is 0 Å². The average molecular weight is 465 g/mol. The Morgan fingerprint density at radius 3 is 2.55 bits per heavy atom. The van der Waals surface area contributed by atoms with Gasteiger partial charge in [-0.2, -0.15) is 5.10 Å². The number of rotatable bonds is 7. The molecule has 0 atom stereocenters. The number of amides is 1. The Kier molecular flexibility index (Phi) is 6.23. The molecule has 0 bridgehead atoms. The SMILES string of the molecule is Cc1ccc(S(=O)(=O)Nc2cccc(C(=O)Nc3cnn(Cc4ccccc4)c3)c2)cc1F. The van der Waals surface area contributed by atoms with Crippen molar-refractivity contribution in [3.05, 3.63) is 108 Å². The number of carbonyl (C=O) groups is 1. The van der Waals surface area contributed by atoms with Crippen LogP contribution in [0.15, 0.2) is 90.1 Å². The summed E-state index contributed by atoms with van der Waals surface area (Å²) in [6.07, 6.45) is 3.25. The van der Waals surface area contributed by atoms with Crippen molar-refractivity contribution < 1.29 is 17.6 Å². The first-order chi connectivity index (χ1) is 15.8. The molecule has 1 aromatic heterocycles. The van der Waals surface area contributed by atoms with Crippen LogP contribution in [-0.2, 0) is 16.6 Å². The zero-order valence-electron chi connectivity index (χ0n) is 17.7. The fourth-order valence-corrected chi connectivity index (χ4v) is 4.23. The Bertz CT molecular complexity index is 1400. The van der Waals surface area contributed by atoms with Crippen LogP contribution >= 0.6 is 0 Å². The van der Waals surface area contributed by atoms with Gasteiger partial charge >= 0.3 is 0 Å². The van der Waals surface area contributed by atoms with Crippen LogP contribution in [0.1, 0.15) is 21.5 Å². The maximum Gasteiger partial charge on any atom is 0.261 e. The molecule has 9 heteroatoms. The van der Waals surface area contributed by atoms with Crippen LogP contribution in [-0.4, -0.2) is 24.1 Å². The second-order valence-corrected chi connectivity index (χ2v) is 9.15. The van der Waals surface area contributed by atoms with Gasteiger partial charge in [0.25, 0.3) is 15.9 Å². The zero-order chi connectivity index (χ0) is 23.4.